The molecule has 1 aliphatic heterocycles. The normalized spacial score (nSPS) is 17.9. The molecule has 1 aliphatic rings. The van der Waals surface area contributed by atoms with E-state index in [0.29, 0.717) is 25.6 Å². The Hall–Kier alpha value is -3.71. The van der Waals surface area contributed by atoms with Crippen molar-refractivity contribution < 1.29 is 9.53 Å². The second-order valence-electron chi connectivity index (χ2n) is 10.3. The third-order valence-electron chi connectivity index (χ3n) is 7.34. The molecule has 1 atom stereocenters. The van der Waals surface area contributed by atoms with Gasteiger partial charge in [-0.1, -0.05) is 60.2 Å². The molecule has 7 nitrogen and oxygen atoms in total. The number of fused-ring (bicyclic) bond motifs is 2. The van der Waals surface area contributed by atoms with Crippen LogP contribution in [-0.4, -0.2) is 64.0 Å². The fourth-order valence-electron chi connectivity index (χ4n) is 5.27. The number of ether oxygens (including phenoxy) is 1. The molecule has 1 amide bonds. The highest BCUT2D eigenvalue weighted by Gasteiger charge is 2.19. The predicted octanol–water partition coefficient (Wildman–Crippen LogP) is 5.05. The minimum absolute atomic E-state index is 0.0149. The minimum Gasteiger partial charge on any atom is -0.491 e. The van der Waals surface area contributed by atoms with Crippen molar-refractivity contribution in [3.05, 3.63) is 89.5 Å². The van der Waals surface area contributed by atoms with Gasteiger partial charge in [0.2, 0.25) is 5.91 Å². The first-order valence-electron chi connectivity index (χ1n) is 13.6. The van der Waals surface area contributed by atoms with Gasteiger partial charge in [-0.05, 0) is 69.5 Å². The molecule has 1 unspecified atom stereocenters. The third kappa shape index (κ3) is 6.58. The molecule has 3 aromatic carbocycles. The zero-order chi connectivity index (χ0) is 26.3. The first kappa shape index (κ1) is 25.9. The van der Waals surface area contributed by atoms with E-state index < -0.39 is 0 Å². The predicted molar refractivity (Wildman–Crippen MR) is 150 cm³/mol. The van der Waals surface area contributed by atoms with Crippen molar-refractivity contribution in [2.24, 2.45) is 0 Å². The molecular weight excluding hydrogens is 474 g/mol. The number of amides is 1. The van der Waals surface area contributed by atoms with E-state index in [1.165, 1.54) is 21.5 Å². The van der Waals surface area contributed by atoms with Crippen molar-refractivity contribution in [1.82, 2.24) is 24.8 Å². The van der Waals surface area contributed by atoms with Crippen LogP contribution in [0.4, 0.5) is 0 Å². The highest BCUT2D eigenvalue weighted by molar-refractivity contribution is 5.77. The summed E-state index contributed by atoms with van der Waals surface area (Å²) >= 11 is 0. The molecule has 7 heteroatoms. The zero-order valence-electron chi connectivity index (χ0n) is 22.4. The van der Waals surface area contributed by atoms with Crippen LogP contribution < -0.4 is 4.74 Å². The second kappa shape index (κ2) is 12.2. The van der Waals surface area contributed by atoms with Gasteiger partial charge in [0.25, 0.3) is 0 Å². The van der Waals surface area contributed by atoms with Crippen molar-refractivity contribution in [3.8, 4) is 5.75 Å². The maximum atomic E-state index is 13.4. The molecule has 5 rings (SSSR count). The Labute approximate surface area is 225 Å². The fraction of sp³-hybridized carbons (Fsp3) is 0.387. The number of nitrogens with zero attached hydrogens (tertiary/aromatic N) is 5. The molecule has 198 valence electrons. The smallest absolute Gasteiger partial charge is 0.246 e. The molecule has 0 spiro atoms. The number of aryl methyl sites for hydroxylation is 1. The molecule has 0 fully saturated rings. The van der Waals surface area contributed by atoms with Crippen molar-refractivity contribution in [1.29, 1.82) is 0 Å². The van der Waals surface area contributed by atoms with Crippen LogP contribution in [-0.2, 0) is 17.9 Å². The minimum atomic E-state index is 0.0149. The quantitative estimate of drug-likeness (QED) is 0.385. The van der Waals surface area contributed by atoms with Crippen LogP contribution in [0.15, 0.2) is 72.8 Å². The van der Waals surface area contributed by atoms with Crippen LogP contribution in [0.1, 0.15) is 41.9 Å². The van der Waals surface area contributed by atoms with E-state index in [-0.39, 0.29) is 12.5 Å². The van der Waals surface area contributed by atoms with Gasteiger partial charge < -0.3 is 14.5 Å². The monoisotopic (exact) mass is 511 g/mol. The van der Waals surface area contributed by atoms with Crippen LogP contribution in [0.3, 0.4) is 0 Å². The van der Waals surface area contributed by atoms with Crippen molar-refractivity contribution in [3.63, 3.8) is 0 Å². The molecule has 0 N–H and O–H groups in total. The van der Waals surface area contributed by atoms with E-state index in [1.54, 1.807) is 0 Å². The van der Waals surface area contributed by atoms with E-state index in [4.69, 9.17) is 4.74 Å². The Morgan fingerprint density at radius 2 is 1.66 bits per heavy atom. The van der Waals surface area contributed by atoms with Crippen molar-refractivity contribution in [2.75, 3.05) is 33.3 Å². The third-order valence-corrected chi connectivity index (χ3v) is 7.34. The lowest BCUT2D eigenvalue weighted by Crippen LogP contribution is -2.38. The summed E-state index contributed by atoms with van der Waals surface area (Å²) in [6.07, 6.45) is 3.03. The number of benzene rings is 3. The Morgan fingerprint density at radius 3 is 2.42 bits per heavy atom. The summed E-state index contributed by atoms with van der Waals surface area (Å²) < 4.78 is 6.25. The van der Waals surface area contributed by atoms with Crippen molar-refractivity contribution >= 4 is 16.9 Å². The first-order valence-corrected chi connectivity index (χ1v) is 13.6. The van der Waals surface area contributed by atoms with Gasteiger partial charge >= 0.3 is 0 Å². The van der Waals surface area contributed by atoms with E-state index in [1.807, 2.05) is 29.2 Å². The maximum absolute atomic E-state index is 13.4. The molecular formula is C31H37N5O2. The lowest BCUT2D eigenvalue weighted by molar-refractivity contribution is -0.132. The van der Waals surface area contributed by atoms with Gasteiger partial charge in [0, 0.05) is 18.7 Å². The first-order chi connectivity index (χ1) is 18.5. The highest BCUT2D eigenvalue weighted by Crippen LogP contribution is 2.27. The number of hydrogen-bond acceptors (Lipinski definition) is 5. The van der Waals surface area contributed by atoms with Gasteiger partial charge in [0.15, 0.2) is 0 Å². The zero-order valence-corrected chi connectivity index (χ0v) is 22.4. The van der Waals surface area contributed by atoms with Crippen LogP contribution >= 0.6 is 0 Å². The van der Waals surface area contributed by atoms with Gasteiger partial charge in [0.05, 0.1) is 6.54 Å². The number of carbonyl (C=O) groups is 1. The fourth-order valence-corrected chi connectivity index (χ4v) is 5.27. The Morgan fingerprint density at radius 1 is 0.921 bits per heavy atom. The summed E-state index contributed by atoms with van der Waals surface area (Å²) in [5.74, 6) is 1.36. The number of aromatic nitrogens is 3. The van der Waals surface area contributed by atoms with E-state index >= 15 is 0 Å². The van der Waals surface area contributed by atoms with E-state index in [0.717, 1.165) is 49.1 Å². The molecule has 0 saturated carbocycles. The topological polar surface area (TPSA) is 63.5 Å². The maximum Gasteiger partial charge on any atom is 0.246 e. The summed E-state index contributed by atoms with van der Waals surface area (Å²) in [5, 5.41) is 8.98. The van der Waals surface area contributed by atoms with E-state index in [2.05, 4.69) is 77.6 Å². The standard InChI is InChI=1S/C31H37N5O2/c1-24-14-15-30-27(21-24)22-34(2)18-16-26(25-9-4-3-5-10-25)11-8-17-35(19-20-38-30)31(37)23-36-32-28-12-6-7-13-29(28)33-36/h3-7,9-10,12-15,21,26H,8,11,16-20,22-23H2,1-2H3. The molecule has 0 bridgehead atoms. The SMILES string of the molecule is Cc1ccc2c(c1)CN(C)CCC(c1ccccc1)CCCN(C(=O)Cn1nc3ccccc3n1)CCO2. The van der Waals surface area contributed by atoms with Crippen LogP contribution in [0.2, 0.25) is 0 Å². The lowest BCUT2D eigenvalue weighted by Gasteiger charge is -2.27. The average Bonchev–Trinajstić information content (AvgIpc) is 3.33. The number of rotatable bonds is 3. The van der Waals surface area contributed by atoms with Gasteiger partial charge in [-0.25, -0.2) is 0 Å². The second-order valence-corrected chi connectivity index (χ2v) is 10.3. The lowest BCUT2D eigenvalue weighted by atomic mass is 9.91. The molecule has 38 heavy (non-hydrogen) atoms. The molecule has 0 saturated heterocycles. The van der Waals surface area contributed by atoms with E-state index in [9.17, 15) is 4.79 Å². The highest BCUT2D eigenvalue weighted by atomic mass is 16.5. The summed E-state index contributed by atoms with van der Waals surface area (Å²) in [5.41, 5.74) is 5.38. The molecule has 1 aromatic heterocycles. The average molecular weight is 512 g/mol. The number of carbonyl (C=O) groups excluding carboxylic acids is 1. The molecule has 4 aromatic rings. The van der Waals surface area contributed by atoms with Gasteiger partial charge in [-0.2, -0.15) is 15.0 Å². The van der Waals surface area contributed by atoms with Gasteiger partial charge in [0.1, 0.15) is 29.9 Å². The van der Waals surface area contributed by atoms with Crippen LogP contribution in [0, 0.1) is 6.92 Å². The van der Waals surface area contributed by atoms with Crippen LogP contribution in [0.5, 0.6) is 5.75 Å². The summed E-state index contributed by atoms with van der Waals surface area (Å²) in [6, 6.07) is 24.8. The van der Waals surface area contributed by atoms with Crippen LogP contribution in [0.25, 0.3) is 11.0 Å². The molecule has 0 radical (unpaired) electrons. The largest absolute Gasteiger partial charge is 0.491 e. The number of hydrogen-bond donors (Lipinski definition) is 0. The van der Waals surface area contributed by atoms with Gasteiger partial charge in [-0.15, -0.1) is 0 Å². The molecule has 0 aliphatic carbocycles. The Bertz CT molecular complexity index is 1320. The van der Waals surface area contributed by atoms with Crippen molar-refractivity contribution in [2.45, 2.75) is 45.2 Å². The summed E-state index contributed by atoms with van der Waals surface area (Å²) in [7, 11) is 2.19. The Balaban J connectivity index is 1.35. The summed E-state index contributed by atoms with van der Waals surface area (Å²) in [4.78, 5) is 19.3. The van der Waals surface area contributed by atoms with Gasteiger partial charge in [-0.3, -0.25) is 4.79 Å². The summed E-state index contributed by atoms with van der Waals surface area (Å²) in [6.45, 7) is 5.72. The Kier molecular flexibility index (Phi) is 8.34. The molecule has 2 heterocycles.